The van der Waals surface area contributed by atoms with E-state index in [0.717, 1.165) is 11.3 Å². The standard InChI is InChI=1S/C21H26N2O4/c1-14(2)27-17-8-6-5-7-16(17)22-20(24)23-21(3,4)15-9-10-18-19(13-15)26-12-11-25-18/h5-10,13-14H,11-12H2,1-4H3,(H2,22,23,24). The fourth-order valence-corrected chi connectivity index (χ4v) is 2.87. The quantitative estimate of drug-likeness (QED) is 0.823. The van der Waals surface area contributed by atoms with Crippen LogP contribution in [0.4, 0.5) is 10.5 Å². The number of hydrogen-bond acceptors (Lipinski definition) is 4. The Morgan fingerprint density at radius 2 is 1.78 bits per heavy atom. The van der Waals surface area contributed by atoms with Crippen LogP contribution in [0.15, 0.2) is 42.5 Å². The van der Waals surface area contributed by atoms with Gasteiger partial charge in [-0.3, -0.25) is 0 Å². The number of anilines is 1. The zero-order chi connectivity index (χ0) is 19.4. The van der Waals surface area contributed by atoms with Crippen LogP contribution in [0.5, 0.6) is 17.2 Å². The predicted octanol–water partition coefficient (Wildman–Crippen LogP) is 4.30. The smallest absolute Gasteiger partial charge is 0.320 e. The van der Waals surface area contributed by atoms with Crippen LogP contribution < -0.4 is 24.8 Å². The number of rotatable bonds is 5. The summed E-state index contributed by atoms with van der Waals surface area (Å²) >= 11 is 0. The largest absolute Gasteiger partial charge is 0.489 e. The summed E-state index contributed by atoms with van der Waals surface area (Å²) in [4.78, 5) is 12.6. The van der Waals surface area contributed by atoms with Gasteiger partial charge in [-0.15, -0.1) is 0 Å². The molecule has 27 heavy (non-hydrogen) atoms. The van der Waals surface area contributed by atoms with Crippen molar-refractivity contribution in [1.29, 1.82) is 0 Å². The summed E-state index contributed by atoms with van der Waals surface area (Å²) in [7, 11) is 0. The third-order valence-corrected chi connectivity index (χ3v) is 4.19. The number of urea groups is 1. The van der Waals surface area contributed by atoms with Crippen LogP contribution in [0.25, 0.3) is 0 Å². The van der Waals surface area contributed by atoms with Crippen LogP contribution in [0, 0.1) is 0 Å². The van der Waals surface area contributed by atoms with Gasteiger partial charge in [0.2, 0.25) is 0 Å². The first kappa shape index (κ1) is 18.9. The van der Waals surface area contributed by atoms with Gasteiger partial charge in [-0.25, -0.2) is 4.79 Å². The van der Waals surface area contributed by atoms with Crippen LogP contribution in [-0.4, -0.2) is 25.3 Å². The van der Waals surface area contributed by atoms with E-state index in [2.05, 4.69) is 10.6 Å². The maximum atomic E-state index is 12.6. The van der Waals surface area contributed by atoms with Crippen LogP contribution in [0.2, 0.25) is 0 Å². The molecule has 144 valence electrons. The van der Waals surface area contributed by atoms with Crippen molar-refractivity contribution in [2.45, 2.75) is 39.3 Å². The molecule has 2 N–H and O–H groups in total. The fraction of sp³-hybridized carbons (Fsp3) is 0.381. The van der Waals surface area contributed by atoms with E-state index in [9.17, 15) is 4.79 Å². The van der Waals surface area contributed by atoms with Crippen molar-refractivity contribution in [3.05, 3.63) is 48.0 Å². The Balaban J connectivity index is 1.72. The predicted molar refractivity (Wildman–Crippen MR) is 105 cm³/mol. The van der Waals surface area contributed by atoms with Gasteiger partial charge in [0, 0.05) is 0 Å². The molecule has 6 heteroatoms. The number of nitrogens with one attached hydrogen (secondary N) is 2. The molecule has 0 aliphatic carbocycles. The minimum Gasteiger partial charge on any atom is -0.489 e. The highest BCUT2D eigenvalue weighted by Gasteiger charge is 2.25. The van der Waals surface area contributed by atoms with E-state index in [4.69, 9.17) is 14.2 Å². The van der Waals surface area contributed by atoms with Crippen molar-refractivity contribution in [2.24, 2.45) is 0 Å². The van der Waals surface area contributed by atoms with Crippen molar-refractivity contribution in [3.8, 4) is 17.2 Å². The first-order chi connectivity index (χ1) is 12.8. The van der Waals surface area contributed by atoms with E-state index in [1.165, 1.54) is 0 Å². The highest BCUT2D eigenvalue weighted by Crippen LogP contribution is 2.34. The number of carbonyl (C=O) groups excluding carboxylic acids is 1. The molecule has 0 saturated heterocycles. The molecule has 0 saturated carbocycles. The van der Waals surface area contributed by atoms with Gasteiger partial charge in [-0.1, -0.05) is 18.2 Å². The SMILES string of the molecule is CC(C)Oc1ccccc1NC(=O)NC(C)(C)c1ccc2c(c1)OCCO2. The van der Waals surface area contributed by atoms with Crippen LogP contribution >= 0.6 is 0 Å². The van der Waals surface area contributed by atoms with E-state index >= 15 is 0 Å². The van der Waals surface area contributed by atoms with Gasteiger partial charge in [0.05, 0.1) is 17.3 Å². The third kappa shape index (κ3) is 4.64. The van der Waals surface area contributed by atoms with E-state index in [1.807, 2.05) is 70.2 Å². The molecule has 0 spiro atoms. The topological polar surface area (TPSA) is 68.8 Å². The summed E-state index contributed by atoms with van der Waals surface area (Å²) in [6.45, 7) is 8.85. The average molecular weight is 370 g/mol. The van der Waals surface area contributed by atoms with Gasteiger partial charge in [0.1, 0.15) is 19.0 Å². The zero-order valence-corrected chi connectivity index (χ0v) is 16.2. The number of carbonyl (C=O) groups is 1. The molecule has 1 heterocycles. The number of fused-ring (bicyclic) bond motifs is 1. The Morgan fingerprint density at radius 3 is 2.52 bits per heavy atom. The first-order valence-corrected chi connectivity index (χ1v) is 9.10. The van der Waals surface area contributed by atoms with Crippen LogP contribution in [-0.2, 0) is 5.54 Å². The fourth-order valence-electron chi connectivity index (χ4n) is 2.87. The van der Waals surface area contributed by atoms with Gasteiger partial charge >= 0.3 is 6.03 Å². The van der Waals surface area contributed by atoms with Gasteiger partial charge in [-0.05, 0) is 57.5 Å². The highest BCUT2D eigenvalue weighted by atomic mass is 16.6. The molecular formula is C21H26N2O4. The zero-order valence-electron chi connectivity index (χ0n) is 16.2. The number of ether oxygens (including phenoxy) is 3. The number of para-hydroxylation sites is 2. The van der Waals surface area contributed by atoms with Crippen LogP contribution in [0.1, 0.15) is 33.3 Å². The summed E-state index contributed by atoms with van der Waals surface area (Å²) in [5.74, 6) is 2.06. The second-order valence-electron chi connectivity index (χ2n) is 7.23. The van der Waals surface area contributed by atoms with Gasteiger partial charge in [-0.2, -0.15) is 0 Å². The first-order valence-electron chi connectivity index (χ1n) is 9.10. The lowest BCUT2D eigenvalue weighted by Crippen LogP contribution is -2.43. The Labute approximate surface area is 159 Å². The van der Waals surface area contributed by atoms with Crippen LogP contribution in [0.3, 0.4) is 0 Å². The minimum absolute atomic E-state index is 0.0187. The van der Waals surface area contributed by atoms with Gasteiger partial charge < -0.3 is 24.8 Å². The molecule has 3 rings (SSSR count). The molecule has 0 unspecified atom stereocenters. The second-order valence-corrected chi connectivity index (χ2v) is 7.23. The van der Waals surface area contributed by atoms with Gasteiger partial charge in [0.25, 0.3) is 0 Å². The molecule has 1 aliphatic heterocycles. The van der Waals surface area contributed by atoms with Crippen molar-refractivity contribution >= 4 is 11.7 Å². The molecular weight excluding hydrogens is 344 g/mol. The normalized spacial score (nSPS) is 13.2. The molecule has 1 aliphatic rings. The molecule has 2 aromatic carbocycles. The second kappa shape index (κ2) is 7.78. The van der Waals surface area contributed by atoms with Crippen molar-refractivity contribution in [3.63, 3.8) is 0 Å². The maximum Gasteiger partial charge on any atom is 0.320 e. The van der Waals surface area contributed by atoms with Crippen molar-refractivity contribution < 1.29 is 19.0 Å². The van der Waals surface area contributed by atoms with Crippen molar-refractivity contribution in [1.82, 2.24) is 5.32 Å². The summed E-state index contributed by atoms with van der Waals surface area (Å²) in [6, 6.07) is 12.8. The van der Waals surface area contributed by atoms with E-state index < -0.39 is 5.54 Å². The number of amides is 2. The van der Waals surface area contributed by atoms with E-state index in [0.29, 0.717) is 30.4 Å². The summed E-state index contributed by atoms with van der Waals surface area (Å²) in [5, 5.41) is 5.88. The highest BCUT2D eigenvalue weighted by molar-refractivity contribution is 5.91. The number of hydrogen-bond donors (Lipinski definition) is 2. The molecule has 0 bridgehead atoms. The summed E-state index contributed by atoms with van der Waals surface area (Å²) < 4.78 is 17.0. The molecule has 0 aromatic heterocycles. The monoisotopic (exact) mass is 370 g/mol. The Morgan fingerprint density at radius 1 is 1.07 bits per heavy atom. The molecule has 0 fully saturated rings. The lowest BCUT2D eigenvalue weighted by molar-refractivity contribution is 0.171. The molecule has 2 amide bonds. The summed E-state index contributed by atoms with van der Waals surface area (Å²) in [5.41, 5.74) is 0.948. The molecule has 6 nitrogen and oxygen atoms in total. The maximum absolute atomic E-state index is 12.6. The summed E-state index contributed by atoms with van der Waals surface area (Å²) in [6.07, 6.45) is 0.0187. The minimum atomic E-state index is -0.603. The lowest BCUT2D eigenvalue weighted by Gasteiger charge is -2.29. The third-order valence-electron chi connectivity index (χ3n) is 4.19. The number of benzene rings is 2. The molecule has 2 aromatic rings. The lowest BCUT2D eigenvalue weighted by atomic mass is 9.94. The average Bonchev–Trinajstić information content (AvgIpc) is 2.62. The van der Waals surface area contributed by atoms with E-state index in [-0.39, 0.29) is 12.1 Å². The Kier molecular flexibility index (Phi) is 5.44. The molecule has 0 atom stereocenters. The van der Waals surface area contributed by atoms with E-state index in [1.54, 1.807) is 0 Å². The Hall–Kier alpha value is -2.89. The Bertz CT molecular complexity index is 818. The van der Waals surface area contributed by atoms with Crippen molar-refractivity contribution in [2.75, 3.05) is 18.5 Å². The van der Waals surface area contributed by atoms with Gasteiger partial charge in [0.15, 0.2) is 11.5 Å². The molecule has 0 radical (unpaired) electrons.